The van der Waals surface area contributed by atoms with Gasteiger partial charge < -0.3 is 20.4 Å². The molecule has 1 aliphatic heterocycles. The minimum atomic E-state index is 0.277. The van der Waals surface area contributed by atoms with Gasteiger partial charge in [-0.2, -0.15) is 0 Å². The molecule has 0 aromatic carbocycles. The van der Waals surface area contributed by atoms with E-state index in [0.29, 0.717) is 12.6 Å². The van der Waals surface area contributed by atoms with Gasteiger partial charge >= 0.3 is 0 Å². The summed E-state index contributed by atoms with van der Waals surface area (Å²) >= 11 is 0. The van der Waals surface area contributed by atoms with Gasteiger partial charge in [0.2, 0.25) is 0 Å². The van der Waals surface area contributed by atoms with E-state index in [1.54, 1.807) is 0 Å². The Morgan fingerprint density at radius 1 is 1.00 bits per heavy atom. The molecule has 1 saturated carbocycles. The molecule has 118 valence electrons. The number of nitrogens with one attached hydrogen (secondary N) is 1. The fraction of sp³-hybridized carbons (Fsp3) is 1.00. The Kier molecular flexibility index (Phi) is 7.28. The lowest BCUT2D eigenvalue weighted by Crippen LogP contribution is -2.51. The van der Waals surface area contributed by atoms with Gasteiger partial charge in [0.1, 0.15) is 0 Å². The molecule has 2 rings (SSSR count). The lowest BCUT2D eigenvalue weighted by Gasteiger charge is -2.41. The second-order valence-electron chi connectivity index (χ2n) is 6.71. The van der Waals surface area contributed by atoms with E-state index in [-0.39, 0.29) is 6.61 Å². The van der Waals surface area contributed by atoms with E-state index in [1.807, 2.05) is 0 Å². The van der Waals surface area contributed by atoms with Crippen molar-refractivity contribution in [3.8, 4) is 0 Å². The molecule has 4 nitrogen and oxygen atoms in total. The highest BCUT2D eigenvalue weighted by molar-refractivity contribution is 4.85. The second kappa shape index (κ2) is 8.98. The largest absolute Gasteiger partial charge is 0.396 e. The van der Waals surface area contributed by atoms with Crippen molar-refractivity contribution >= 4 is 0 Å². The quantitative estimate of drug-likeness (QED) is 0.557. The summed E-state index contributed by atoms with van der Waals surface area (Å²) in [7, 11) is 0. The summed E-state index contributed by atoms with van der Waals surface area (Å²) in [6.07, 6.45) is 8.42. The fourth-order valence-electron chi connectivity index (χ4n) is 3.61. The Balaban J connectivity index is 1.77. The van der Waals surface area contributed by atoms with Crippen LogP contribution in [0.15, 0.2) is 0 Å². The number of likely N-dealkylation sites (tertiary alicyclic amines) is 1. The lowest BCUT2D eigenvalue weighted by atomic mass is 9.83. The summed E-state index contributed by atoms with van der Waals surface area (Å²) in [5, 5.41) is 21.5. The smallest absolute Gasteiger partial charge is 0.0443 e. The normalized spacial score (nSPS) is 28.5. The van der Waals surface area contributed by atoms with Crippen LogP contribution in [0.1, 0.15) is 44.9 Å². The molecule has 0 amide bonds. The van der Waals surface area contributed by atoms with Gasteiger partial charge in [0.05, 0.1) is 0 Å². The summed E-state index contributed by atoms with van der Waals surface area (Å²) in [6.45, 7) is 5.17. The Morgan fingerprint density at radius 3 is 2.45 bits per heavy atom. The first-order valence-corrected chi connectivity index (χ1v) is 8.49. The highest BCUT2D eigenvalue weighted by atomic mass is 16.3. The van der Waals surface area contributed by atoms with Gasteiger partial charge in [0.15, 0.2) is 0 Å². The number of nitrogens with zero attached hydrogens (tertiary/aromatic N) is 1. The first-order valence-electron chi connectivity index (χ1n) is 8.49. The number of hydrogen-bond donors (Lipinski definition) is 3. The summed E-state index contributed by atoms with van der Waals surface area (Å²) in [6, 6.07) is 0.569. The van der Waals surface area contributed by atoms with Crippen LogP contribution in [0.2, 0.25) is 0 Å². The maximum Gasteiger partial charge on any atom is 0.0443 e. The van der Waals surface area contributed by atoms with Crippen LogP contribution in [0.5, 0.6) is 0 Å². The van der Waals surface area contributed by atoms with Crippen molar-refractivity contribution in [2.45, 2.75) is 51.0 Å². The molecule has 1 saturated heterocycles. The molecule has 1 aliphatic carbocycles. The van der Waals surface area contributed by atoms with E-state index in [9.17, 15) is 0 Å². The zero-order valence-corrected chi connectivity index (χ0v) is 12.8. The minimum absolute atomic E-state index is 0.277. The number of piperidine rings is 1. The van der Waals surface area contributed by atoms with Crippen LogP contribution in [0.4, 0.5) is 0 Å². The lowest BCUT2D eigenvalue weighted by molar-refractivity contribution is 0.0948. The third-order valence-electron chi connectivity index (χ3n) is 4.89. The molecule has 1 heterocycles. The van der Waals surface area contributed by atoms with Crippen LogP contribution >= 0.6 is 0 Å². The maximum absolute atomic E-state index is 9.04. The molecule has 0 radical (unpaired) electrons. The highest BCUT2D eigenvalue weighted by Crippen LogP contribution is 2.29. The first kappa shape index (κ1) is 16.2. The van der Waals surface area contributed by atoms with E-state index < -0.39 is 0 Å². The minimum Gasteiger partial charge on any atom is -0.396 e. The molecule has 20 heavy (non-hydrogen) atoms. The standard InChI is InChI=1S/C16H32N2O2/c19-8-2-6-15-10-16(17-7-3-9-20)13-18(12-15)11-14-4-1-5-14/h14-17,19-20H,1-13H2. The fourth-order valence-corrected chi connectivity index (χ4v) is 3.61. The highest BCUT2D eigenvalue weighted by Gasteiger charge is 2.29. The zero-order valence-electron chi connectivity index (χ0n) is 12.8. The third-order valence-corrected chi connectivity index (χ3v) is 4.89. The van der Waals surface area contributed by atoms with Crippen molar-refractivity contribution in [3.05, 3.63) is 0 Å². The van der Waals surface area contributed by atoms with Crippen LogP contribution < -0.4 is 5.32 Å². The van der Waals surface area contributed by atoms with Gasteiger partial charge in [-0.1, -0.05) is 6.42 Å². The molecule has 0 aromatic rings. The Hall–Kier alpha value is -0.160. The predicted octanol–water partition coefficient (Wildman–Crippen LogP) is 1.22. The molecule has 3 N–H and O–H groups in total. The Morgan fingerprint density at radius 2 is 1.80 bits per heavy atom. The van der Waals surface area contributed by atoms with Gasteiger partial charge in [0.25, 0.3) is 0 Å². The number of aliphatic hydroxyl groups excluding tert-OH is 2. The molecule has 0 bridgehead atoms. The van der Waals surface area contributed by atoms with Crippen LogP contribution in [0, 0.1) is 11.8 Å². The van der Waals surface area contributed by atoms with Crippen LogP contribution in [-0.4, -0.2) is 60.5 Å². The Labute approximate surface area is 123 Å². The number of rotatable bonds is 9. The van der Waals surface area contributed by atoms with Crippen LogP contribution in [0.3, 0.4) is 0 Å². The van der Waals surface area contributed by atoms with E-state index in [4.69, 9.17) is 10.2 Å². The van der Waals surface area contributed by atoms with Crippen molar-refractivity contribution in [1.82, 2.24) is 10.2 Å². The van der Waals surface area contributed by atoms with E-state index in [1.165, 1.54) is 38.8 Å². The summed E-state index contributed by atoms with van der Waals surface area (Å²) in [5.74, 6) is 1.66. The monoisotopic (exact) mass is 284 g/mol. The maximum atomic E-state index is 9.04. The molecule has 0 aromatic heterocycles. The summed E-state index contributed by atoms with van der Waals surface area (Å²) in [5.41, 5.74) is 0. The van der Waals surface area contributed by atoms with Gasteiger partial charge in [-0.05, 0) is 56.9 Å². The molecule has 2 aliphatic rings. The first-order chi connectivity index (χ1) is 9.81. The summed E-state index contributed by atoms with van der Waals surface area (Å²) < 4.78 is 0. The van der Waals surface area contributed by atoms with Gasteiger partial charge in [-0.3, -0.25) is 0 Å². The molecule has 2 fully saturated rings. The average molecular weight is 284 g/mol. The van der Waals surface area contributed by atoms with Crippen molar-refractivity contribution in [2.75, 3.05) is 39.4 Å². The van der Waals surface area contributed by atoms with Gasteiger partial charge in [0, 0.05) is 38.9 Å². The van der Waals surface area contributed by atoms with Gasteiger partial charge in [-0.15, -0.1) is 0 Å². The third kappa shape index (κ3) is 5.32. The summed E-state index contributed by atoms with van der Waals surface area (Å²) in [4.78, 5) is 2.64. The molecule has 4 heteroatoms. The molecule has 0 spiro atoms. The van der Waals surface area contributed by atoms with Crippen molar-refractivity contribution in [2.24, 2.45) is 11.8 Å². The average Bonchev–Trinajstić information content (AvgIpc) is 2.41. The second-order valence-corrected chi connectivity index (χ2v) is 6.71. The molecular weight excluding hydrogens is 252 g/mol. The van der Waals surface area contributed by atoms with E-state index in [2.05, 4.69) is 10.2 Å². The van der Waals surface area contributed by atoms with E-state index in [0.717, 1.165) is 44.2 Å². The van der Waals surface area contributed by atoms with Crippen LogP contribution in [0.25, 0.3) is 0 Å². The zero-order chi connectivity index (χ0) is 14.2. The Bertz CT molecular complexity index is 259. The van der Waals surface area contributed by atoms with Gasteiger partial charge in [-0.25, -0.2) is 0 Å². The SMILES string of the molecule is OCCCNC1CC(CCCO)CN(CC2CCC2)C1. The van der Waals surface area contributed by atoms with Crippen molar-refractivity contribution < 1.29 is 10.2 Å². The molecule has 2 atom stereocenters. The number of hydrogen-bond acceptors (Lipinski definition) is 4. The predicted molar refractivity (Wildman–Crippen MR) is 81.7 cm³/mol. The van der Waals surface area contributed by atoms with Crippen molar-refractivity contribution in [3.63, 3.8) is 0 Å². The topological polar surface area (TPSA) is 55.7 Å². The van der Waals surface area contributed by atoms with Crippen LogP contribution in [-0.2, 0) is 0 Å². The molecular formula is C16H32N2O2. The van der Waals surface area contributed by atoms with E-state index >= 15 is 0 Å². The number of aliphatic hydroxyl groups is 2. The molecule has 2 unspecified atom stereocenters. The van der Waals surface area contributed by atoms with Crippen molar-refractivity contribution in [1.29, 1.82) is 0 Å².